The highest BCUT2D eigenvalue weighted by Crippen LogP contribution is 2.23. The molecule has 2 aromatic carbocycles. The number of aryl methyl sites for hydroxylation is 2. The predicted octanol–water partition coefficient (Wildman–Crippen LogP) is 4.35. The Kier molecular flexibility index (Phi) is 6.92. The zero-order valence-electron chi connectivity index (χ0n) is 18.1. The van der Waals surface area contributed by atoms with Gasteiger partial charge in [-0.1, -0.05) is 37.6 Å². The molecule has 0 unspecified atom stereocenters. The van der Waals surface area contributed by atoms with Gasteiger partial charge in [-0.3, -0.25) is 0 Å². The predicted molar refractivity (Wildman–Crippen MR) is 117 cm³/mol. The number of carbonyl (C=O) groups is 1. The summed E-state index contributed by atoms with van der Waals surface area (Å²) in [6, 6.07) is 12.3. The van der Waals surface area contributed by atoms with Crippen molar-refractivity contribution in [2.24, 2.45) is 0 Å². The Morgan fingerprint density at radius 1 is 1.06 bits per heavy atom. The molecule has 3 rings (SSSR count). The summed E-state index contributed by atoms with van der Waals surface area (Å²) in [5, 5.41) is 0. The molecule has 0 fully saturated rings. The van der Waals surface area contributed by atoms with E-state index in [4.69, 9.17) is 9.15 Å². The highest BCUT2D eigenvalue weighted by Gasteiger charge is 2.25. The molecule has 0 amide bonds. The standard InChI is InChI=1S/C23H26N2O5S/c1-5-25(6-2)31(27,28)21-13-19(12-9-17(21)4)23(26)30-15-20-14-29-22(24-20)18-10-7-16(3)8-11-18/h7-14H,5-6,15H2,1-4H3. The molecule has 8 heteroatoms. The Labute approximate surface area is 182 Å². The molecule has 7 nitrogen and oxygen atoms in total. The van der Waals surface area contributed by atoms with Gasteiger partial charge in [0.25, 0.3) is 0 Å². The fraction of sp³-hybridized carbons (Fsp3) is 0.304. The molecule has 0 aliphatic heterocycles. The molecule has 3 aromatic rings. The lowest BCUT2D eigenvalue weighted by Gasteiger charge is -2.20. The maximum absolute atomic E-state index is 12.9. The van der Waals surface area contributed by atoms with Crippen LogP contribution in [0.5, 0.6) is 0 Å². The first-order valence-corrected chi connectivity index (χ1v) is 11.5. The normalized spacial score (nSPS) is 11.6. The molecule has 0 aliphatic carbocycles. The topological polar surface area (TPSA) is 89.7 Å². The van der Waals surface area contributed by atoms with Gasteiger partial charge in [0.15, 0.2) is 0 Å². The number of carbonyl (C=O) groups excluding carboxylic acids is 1. The number of sulfonamides is 1. The Morgan fingerprint density at radius 2 is 1.74 bits per heavy atom. The number of rotatable bonds is 8. The van der Waals surface area contributed by atoms with Gasteiger partial charge in [-0.05, 0) is 43.7 Å². The monoisotopic (exact) mass is 442 g/mol. The number of benzene rings is 2. The number of nitrogens with zero attached hydrogens (tertiary/aromatic N) is 2. The van der Waals surface area contributed by atoms with Crippen LogP contribution in [0.2, 0.25) is 0 Å². The van der Waals surface area contributed by atoms with Crippen LogP contribution < -0.4 is 0 Å². The quantitative estimate of drug-likeness (QED) is 0.482. The van der Waals surface area contributed by atoms with Crippen LogP contribution in [0, 0.1) is 13.8 Å². The van der Waals surface area contributed by atoms with Gasteiger partial charge < -0.3 is 9.15 Å². The lowest BCUT2D eigenvalue weighted by molar-refractivity contribution is 0.0467. The molecular formula is C23H26N2O5S. The summed E-state index contributed by atoms with van der Waals surface area (Å²) < 4.78 is 37.9. The fourth-order valence-corrected chi connectivity index (χ4v) is 4.84. The second-order valence-corrected chi connectivity index (χ2v) is 9.06. The van der Waals surface area contributed by atoms with Crippen LogP contribution in [-0.4, -0.2) is 36.8 Å². The number of aromatic nitrogens is 1. The van der Waals surface area contributed by atoms with Crippen molar-refractivity contribution < 1.29 is 22.4 Å². The molecule has 0 bridgehead atoms. The van der Waals surface area contributed by atoms with Gasteiger partial charge in [0.05, 0.1) is 10.5 Å². The molecule has 1 heterocycles. The molecule has 0 radical (unpaired) electrons. The first kappa shape index (κ1) is 22.7. The van der Waals surface area contributed by atoms with Gasteiger partial charge in [0.2, 0.25) is 15.9 Å². The van der Waals surface area contributed by atoms with Crippen molar-refractivity contribution in [3.05, 3.63) is 71.1 Å². The van der Waals surface area contributed by atoms with Gasteiger partial charge >= 0.3 is 5.97 Å². The van der Waals surface area contributed by atoms with Gasteiger partial charge in [-0.2, -0.15) is 4.31 Å². The van der Waals surface area contributed by atoms with Gasteiger partial charge in [-0.15, -0.1) is 0 Å². The maximum atomic E-state index is 12.9. The fourth-order valence-electron chi connectivity index (χ4n) is 3.13. The van der Waals surface area contributed by atoms with Crippen molar-refractivity contribution in [1.29, 1.82) is 0 Å². The summed E-state index contributed by atoms with van der Waals surface area (Å²) in [6.45, 7) is 7.86. The number of oxazole rings is 1. The number of ether oxygens (including phenoxy) is 1. The Bertz CT molecular complexity index is 1160. The molecule has 0 saturated heterocycles. The molecule has 0 spiro atoms. The number of hydrogen-bond donors (Lipinski definition) is 0. The van der Waals surface area contributed by atoms with E-state index in [1.807, 2.05) is 31.2 Å². The van der Waals surface area contributed by atoms with Crippen LogP contribution in [0.1, 0.15) is 41.0 Å². The molecule has 31 heavy (non-hydrogen) atoms. The molecule has 0 saturated carbocycles. The highest BCUT2D eigenvalue weighted by molar-refractivity contribution is 7.89. The maximum Gasteiger partial charge on any atom is 0.338 e. The summed E-state index contributed by atoms with van der Waals surface area (Å²) in [7, 11) is -3.69. The van der Waals surface area contributed by atoms with E-state index in [-0.39, 0.29) is 17.1 Å². The van der Waals surface area contributed by atoms with E-state index in [0.717, 1.165) is 11.1 Å². The van der Waals surface area contributed by atoms with Crippen molar-refractivity contribution in [1.82, 2.24) is 9.29 Å². The zero-order chi connectivity index (χ0) is 22.6. The summed E-state index contributed by atoms with van der Waals surface area (Å²) in [4.78, 5) is 17.0. The smallest absolute Gasteiger partial charge is 0.338 e. The first-order chi connectivity index (χ1) is 14.8. The molecule has 164 valence electrons. The third kappa shape index (κ3) is 5.03. The van der Waals surface area contributed by atoms with Crippen molar-refractivity contribution in [3.8, 4) is 11.5 Å². The summed E-state index contributed by atoms with van der Waals surface area (Å²) in [5.41, 5.74) is 3.16. The van der Waals surface area contributed by atoms with E-state index in [2.05, 4.69) is 4.98 Å². The van der Waals surface area contributed by atoms with Crippen molar-refractivity contribution in [3.63, 3.8) is 0 Å². The van der Waals surface area contributed by atoms with E-state index in [1.54, 1.807) is 32.9 Å². The van der Waals surface area contributed by atoms with Crippen LogP contribution in [-0.2, 0) is 21.4 Å². The van der Waals surface area contributed by atoms with Crippen molar-refractivity contribution in [2.75, 3.05) is 13.1 Å². The minimum atomic E-state index is -3.69. The van der Waals surface area contributed by atoms with E-state index in [1.165, 1.54) is 16.6 Å². The second-order valence-electron chi connectivity index (χ2n) is 7.16. The lowest BCUT2D eigenvalue weighted by atomic mass is 10.1. The summed E-state index contributed by atoms with van der Waals surface area (Å²) in [5.74, 6) is -0.190. The van der Waals surface area contributed by atoms with Gasteiger partial charge in [0, 0.05) is 18.7 Å². The Hall–Kier alpha value is -2.97. The van der Waals surface area contributed by atoms with Crippen LogP contribution in [0.3, 0.4) is 0 Å². The number of hydrogen-bond acceptors (Lipinski definition) is 6. The third-order valence-electron chi connectivity index (χ3n) is 4.95. The lowest BCUT2D eigenvalue weighted by Crippen LogP contribution is -2.31. The van der Waals surface area contributed by atoms with E-state index < -0.39 is 16.0 Å². The second kappa shape index (κ2) is 9.45. The van der Waals surface area contributed by atoms with Gasteiger partial charge in [0.1, 0.15) is 18.6 Å². The van der Waals surface area contributed by atoms with E-state index >= 15 is 0 Å². The third-order valence-corrected chi connectivity index (χ3v) is 7.14. The van der Waals surface area contributed by atoms with Crippen molar-refractivity contribution in [2.45, 2.75) is 39.2 Å². The van der Waals surface area contributed by atoms with E-state index in [0.29, 0.717) is 30.2 Å². The van der Waals surface area contributed by atoms with Crippen LogP contribution in [0.25, 0.3) is 11.5 Å². The largest absolute Gasteiger partial charge is 0.455 e. The molecule has 0 aliphatic rings. The highest BCUT2D eigenvalue weighted by atomic mass is 32.2. The molecule has 0 atom stereocenters. The minimum absolute atomic E-state index is 0.0831. The Morgan fingerprint density at radius 3 is 2.39 bits per heavy atom. The average Bonchev–Trinajstić information content (AvgIpc) is 3.22. The number of esters is 1. The summed E-state index contributed by atoms with van der Waals surface area (Å²) in [6.07, 6.45) is 1.44. The minimum Gasteiger partial charge on any atom is -0.455 e. The van der Waals surface area contributed by atoms with E-state index in [9.17, 15) is 13.2 Å². The van der Waals surface area contributed by atoms with Crippen LogP contribution in [0.15, 0.2) is 58.0 Å². The molecule has 0 N–H and O–H groups in total. The molecular weight excluding hydrogens is 416 g/mol. The summed E-state index contributed by atoms with van der Waals surface area (Å²) >= 11 is 0. The SMILES string of the molecule is CCN(CC)S(=O)(=O)c1cc(C(=O)OCc2coc(-c3ccc(C)cc3)n2)ccc1C. The van der Waals surface area contributed by atoms with Crippen LogP contribution >= 0.6 is 0 Å². The van der Waals surface area contributed by atoms with Gasteiger partial charge in [-0.25, -0.2) is 18.2 Å². The van der Waals surface area contributed by atoms with Crippen molar-refractivity contribution >= 4 is 16.0 Å². The molecule has 1 aromatic heterocycles. The first-order valence-electron chi connectivity index (χ1n) is 10.1. The Balaban J connectivity index is 1.74. The zero-order valence-corrected chi connectivity index (χ0v) is 18.9. The van der Waals surface area contributed by atoms with Crippen LogP contribution in [0.4, 0.5) is 0 Å². The average molecular weight is 443 g/mol.